The number of ether oxygens (including phenoxy) is 1. The number of fused-ring (bicyclic) bond motifs is 1. The maximum Gasteiger partial charge on any atom is 0.326 e. The zero-order valence-corrected chi connectivity index (χ0v) is 12.5. The summed E-state index contributed by atoms with van der Waals surface area (Å²) in [6, 6.07) is 7.16. The summed E-state index contributed by atoms with van der Waals surface area (Å²) in [5, 5.41) is 6.00. The van der Waals surface area contributed by atoms with Crippen molar-refractivity contribution < 1.29 is 9.53 Å². The number of H-pyrrole nitrogens is 1. The first kappa shape index (κ1) is 14.8. The first-order valence-electron chi connectivity index (χ1n) is 7.47. The summed E-state index contributed by atoms with van der Waals surface area (Å²) in [6.07, 6.45) is -0.149. The predicted molar refractivity (Wildman–Crippen MR) is 82.8 cm³/mol. The molecule has 0 radical (unpaired) electrons. The van der Waals surface area contributed by atoms with E-state index >= 15 is 0 Å². The molecule has 1 aromatic carbocycles. The Kier molecular flexibility index (Phi) is 4.26. The van der Waals surface area contributed by atoms with Crippen molar-refractivity contribution in [3.63, 3.8) is 0 Å². The molecular formula is C15H20N4O3. The van der Waals surface area contributed by atoms with Gasteiger partial charge in [0.25, 0.3) is 0 Å². The van der Waals surface area contributed by atoms with Crippen LogP contribution in [-0.4, -0.2) is 47.3 Å². The molecule has 7 nitrogen and oxygen atoms in total. The van der Waals surface area contributed by atoms with E-state index in [4.69, 9.17) is 4.74 Å². The first-order valence-corrected chi connectivity index (χ1v) is 7.47. The van der Waals surface area contributed by atoms with Crippen molar-refractivity contribution in [1.29, 1.82) is 0 Å². The Morgan fingerprint density at radius 3 is 3.09 bits per heavy atom. The van der Waals surface area contributed by atoms with Crippen LogP contribution in [0.1, 0.15) is 6.92 Å². The van der Waals surface area contributed by atoms with E-state index < -0.39 is 0 Å². The lowest BCUT2D eigenvalue weighted by atomic mass is 10.1. The van der Waals surface area contributed by atoms with Gasteiger partial charge in [-0.1, -0.05) is 12.1 Å². The summed E-state index contributed by atoms with van der Waals surface area (Å²) in [6.45, 7) is 3.99. The highest BCUT2D eigenvalue weighted by molar-refractivity contribution is 5.82. The number of nitrogens with one attached hydrogen (secondary N) is 3. The molecule has 22 heavy (non-hydrogen) atoms. The van der Waals surface area contributed by atoms with Crippen molar-refractivity contribution in [1.82, 2.24) is 20.2 Å². The molecule has 1 fully saturated rings. The van der Waals surface area contributed by atoms with Crippen molar-refractivity contribution in [2.75, 3.05) is 19.7 Å². The highest BCUT2D eigenvalue weighted by atomic mass is 16.5. The maximum atomic E-state index is 12.1. The fraction of sp³-hybridized carbons (Fsp3) is 0.467. The van der Waals surface area contributed by atoms with E-state index in [1.807, 2.05) is 31.2 Å². The van der Waals surface area contributed by atoms with Gasteiger partial charge in [0, 0.05) is 19.6 Å². The summed E-state index contributed by atoms with van der Waals surface area (Å²) in [5.74, 6) is -0.0971. The zero-order chi connectivity index (χ0) is 15.5. The first-order chi connectivity index (χ1) is 10.7. The van der Waals surface area contributed by atoms with Gasteiger partial charge in [0.1, 0.15) is 6.04 Å². The van der Waals surface area contributed by atoms with Crippen LogP contribution in [0.2, 0.25) is 0 Å². The molecule has 3 rings (SSSR count). The Bertz CT molecular complexity index is 721. The molecule has 0 unspecified atom stereocenters. The Labute approximate surface area is 127 Å². The second-order valence-electron chi connectivity index (χ2n) is 5.40. The summed E-state index contributed by atoms with van der Waals surface area (Å²) >= 11 is 0. The van der Waals surface area contributed by atoms with Gasteiger partial charge in [0.05, 0.1) is 23.7 Å². The normalized spacial score (nSPS) is 21.9. The van der Waals surface area contributed by atoms with Crippen molar-refractivity contribution in [2.24, 2.45) is 0 Å². The fourth-order valence-corrected chi connectivity index (χ4v) is 2.76. The van der Waals surface area contributed by atoms with Crippen LogP contribution < -0.4 is 16.3 Å². The minimum absolute atomic E-state index is 0.0971. The van der Waals surface area contributed by atoms with E-state index in [9.17, 15) is 9.59 Å². The lowest BCUT2D eigenvalue weighted by Crippen LogP contribution is -2.55. The quantitative estimate of drug-likeness (QED) is 0.731. The van der Waals surface area contributed by atoms with E-state index in [0.29, 0.717) is 26.2 Å². The number of hydrogen-bond donors (Lipinski definition) is 3. The lowest BCUT2D eigenvalue weighted by Gasteiger charge is -2.29. The number of aromatic nitrogens is 2. The summed E-state index contributed by atoms with van der Waals surface area (Å²) in [5.41, 5.74) is 1.48. The molecule has 1 aromatic heterocycles. The molecule has 1 amide bonds. The van der Waals surface area contributed by atoms with E-state index in [0.717, 1.165) is 11.0 Å². The van der Waals surface area contributed by atoms with Gasteiger partial charge in [-0.15, -0.1) is 0 Å². The Morgan fingerprint density at radius 2 is 2.27 bits per heavy atom. The number of nitrogens with zero attached hydrogens (tertiary/aromatic N) is 1. The van der Waals surface area contributed by atoms with Gasteiger partial charge in [-0.25, -0.2) is 4.79 Å². The van der Waals surface area contributed by atoms with Crippen LogP contribution in [0, 0.1) is 0 Å². The molecule has 2 atom stereocenters. The van der Waals surface area contributed by atoms with E-state index in [-0.39, 0.29) is 23.7 Å². The standard InChI is InChI=1S/C15H20N4O3/c1-10-13(16-7-9-22-10)14(20)17-6-8-19-12-5-3-2-4-11(12)18-15(19)21/h2-5,10,13,16H,6-9H2,1H3,(H,17,20)(H,18,21)/t10-,13+/m1/s1. The topological polar surface area (TPSA) is 88.2 Å². The molecule has 1 aliphatic rings. The highest BCUT2D eigenvalue weighted by Gasteiger charge is 2.27. The number of rotatable bonds is 4. The number of carbonyl (C=O) groups excluding carboxylic acids is 1. The molecule has 0 spiro atoms. The third-order valence-electron chi connectivity index (χ3n) is 3.92. The number of para-hydroxylation sites is 2. The number of benzene rings is 1. The van der Waals surface area contributed by atoms with Crippen LogP contribution in [0.15, 0.2) is 29.1 Å². The number of morpholine rings is 1. The molecule has 7 heteroatoms. The molecule has 1 aliphatic heterocycles. The van der Waals surface area contributed by atoms with Crippen molar-refractivity contribution in [2.45, 2.75) is 25.6 Å². The zero-order valence-electron chi connectivity index (χ0n) is 12.5. The molecule has 3 N–H and O–H groups in total. The smallest absolute Gasteiger partial charge is 0.326 e. The van der Waals surface area contributed by atoms with Gasteiger partial charge >= 0.3 is 5.69 Å². The monoisotopic (exact) mass is 304 g/mol. The van der Waals surface area contributed by atoms with Crippen molar-refractivity contribution in [3.8, 4) is 0 Å². The minimum Gasteiger partial charge on any atom is -0.375 e. The van der Waals surface area contributed by atoms with E-state index in [1.165, 1.54) is 0 Å². The predicted octanol–water partition coefficient (Wildman–Crippen LogP) is -0.177. The fourth-order valence-electron chi connectivity index (χ4n) is 2.76. The SMILES string of the molecule is C[C@H]1OCCN[C@@H]1C(=O)NCCn1c(=O)[nH]c2ccccc21. The molecule has 118 valence electrons. The summed E-state index contributed by atoms with van der Waals surface area (Å²) in [7, 11) is 0. The lowest BCUT2D eigenvalue weighted by molar-refractivity contribution is -0.128. The van der Waals surface area contributed by atoms with Gasteiger partial charge in [0.2, 0.25) is 5.91 Å². The number of aromatic amines is 1. The van der Waals surface area contributed by atoms with Crippen molar-refractivity contribution >= 4 is 16.9 Å². The van der Waals surface area contributed by atoms with Crippen LogP contribution in [-0.2, 0) is 16.1 Å². The van der Waals surface area contributed by atoms with E-state index in [1.54, 1.807) is 4.57 Å². The molecule has 1 saturated heterocycles. The molecule has 2 heterocycles. The number of amides is 1. The van der Waals surface area contributed by atoms with Crippen LogP contribution in [0.5, 0.6) is 0 Å². The molecular weight excluding hydrogens is 284 g/mol. The van der Waals surface area contributed by atoms with Crippen LogP contribution in [0.25, 0.3) is 11.0 Å². The molecule has 0 saturated carbocycles. The summed E-state index contributed by atoms with van der Waals surface area (Å²) < 4.78 is 7.09. The molecule has 0 aliphatic carbocycles. The third-order valence-corrected chi connectivity index (χ3v) is 3.92. The van der Waals surface area contributed by atoms with Gasteiger partial charge < -0.3 is 20.4 Å². The molecule has 2 aromatic rings. The van der Waals surface area contributed by atoms with Gasteiger partial charge in [-0.05, 0) is 19.1 Å². The van der Waals surface area contributed by atoms with E-state index in [2.05, 4.69) is 15.6 Å². The average molecular weight is 304 g/mol. The number of hydrogen-bond acceptors (Lipinski definition) is 4. The maximum absolute atomic E-state index is 12.1. The van der Waals surface area contributed by atoms with Crippen LogP contribution in [0.4, 0.5) is 0 Å². The Hall–Kier alpha value is -2.12. The second-order valence-corrected chi connectivity index (χ2v) is 5.40. The van der Waals surface area contributed by atoms with Gasteiger partial charge in [0.15, 0.2) is 0 Å². The second kappa shape index (κ2) is 6.33. The minimum atomic E-state index is -0.339. The van der Waals surface area contributed by atoms with Crippen molar-refractivity contribution in [3.05, 3.63) is 34.7 Å². The summed E-state index contributed by atoms with van der Waals surface area (Å²) in [4.78, 5) is 26.9. The number of imidazole rings is 1. The van der Waals surface area contributed by atoms with Gasteiger partial charge in [-0.2, -0.15) is 0 Å². The van der Waals surface area contributed by atoms with Crippen LogP contribution in [0.3, 0.4) is 0 Å². The average Bonchev–Trinajstić information content (AvgIpc) is 2.83. The van der Waals surface area contributed by atoms with Gasteiger partial charge in [-0.3, -0.25) is 9.36 Å². The third kappa shape index (κ3) is 2.90. The Morgan fingerprint density at radius 1 is 1.45 bits per heavy atom. The highest BCUT2D eigenvalue weighted by Crippen LogP contribution is 2.08. The van der Waals surface area contributed by atoms with Crippen LogP contribution >= 0.6 is 0 Å². The molecule has 0 bridgehead atoms. The number of carbonyl (C=O) groups is 1. The largest absolute Gasteiger partial charge is 0.375 e. The Balaban J connectivity index is 1.61.